The third-order valence-electron chi connectivity index (χ3n) is 1.54. The monoisotopic (exact) mass is 298 g/mol. The maximum atomic E-state index is 11.7. The Morgan fingerprint density at radius 3 is 2.79 bits per heavy atom. The Balaban J connectivity index is 2.92. The van der Waals surface area contributed by atoms with Crippen LogP contribution in [0.3, 0.4) is 0 Å². The zero-order valence-electron chi connectivity index (χ0n) is 7.53. The lowest BCUT2D eigenvalue weighted by atomic mass is 10.4. The highest BCUT2D eigenvalue weighted by Crippen LogP contribution is 2.27. The van der Waals surface area contributed by atoms with Crippen molar-refractivity contribution >= 4 is 37.3 Å². The molecular formula is C7H11BrN2O2S2. The third kappa shape index (κ3) is 2.77. The van der Waals surface area contributed by atoms with E-state index in [9.17, 15) is 8.42 Å². The summed E-state index contributed by atoms with van der Waals surface area (Å²) in [7, 11) is -3.42. The van der Waals surface area contributed by atoms with Crippen LogP contribution in [-0.2, 0) is 10.0 Å². The maximum absolute atomic E-state index is 11.7. The Morgan fingerprint density at radius 1 is 1.71 bits per heavy atom. The van der Waals surface area contributed by atoms with Gasteiger partial charge in [-0.2, -0.15) is 0 Å². The van der Waals surface area contributed by atoms with Crippen molar-refractivity contribution < 1.29 is 8.42 Å². The Kier molecular flexibility index (Phi) is 4.08. The summed E-state index contributed by atoms with van der Waals surface area (Å²) in [6.07, 6.45) is 0. The van der Waals surface area contributed by atoms with Crippen LogP contribution in [0.25, 0.3) is 0 Å². The molecule has 0 spiro atoms. The highest BCUT2D eigenvalue weighted by Gasteiger charge is 2.20. The SMILES string of the molecule is C[C@H](CN)NS(=O)(=O)c1sccc1Br. The average molecular weight is 299 g/mol. The summed E-state index contributed by atoms with van der Waals surface area (Å²) in [4.78, 5) is 0. The van der Waals surface area contributed by atoms with Gasteiger partial charge in [0.25, 0.3) is 10.0 Å². The van der Waals surface area contributed by atoms with Gasteiger partial charge in [-0.05, 0) is 34.3 Å². The zero-order chi connectivity index (χ0) is 10.8. The van der Waals surface area contributed by atoms with Crippen molar-refractivity contribution in [3.63, 3.8) is 0 Å². The van der Waals surface area contributed by atoms with Crippen molar-refractivity contribution in [3.05, 3.63) is 15.9 Å². The van der Waals surface area contributed by atoms with Crippen LogP contribution in [0, 0.1) is 0 Å². The molecule has 0 fully saturated rings. The van der Waals surface area contributed by atoms with Crippen LogP contribution in [0.2, 0.25) is 0 Å². The lowest BCUT2D eigenvalue weighted by molar-refractivity contribution is 0.564. The molecule has 7 heteroatoms. The van der Waals surface area contributed by atoms with Crippen LogP contribution in [0.4, 0.5) is 0 Å². The van der Waals surface area contributed by atoms with E-state index in [2.05, 4.69) is 20.7 Å². The molecule has 1 atom stereocenters. The molecule has 1 aromatic heterocycles. The molecule has 80 valence electrons. The molecule has 0 aliphatic carbocycles. The van der Waals surface area contributed by atoms with Gasteiger partial charge in [0.2, 0.25) is 0 Å². The van der Waals surface area contributed by atoms with Crippen molar-refractivity contribution in [3.8, 4) is 0 Å². The molecule has 0 radical (unpaired) electrons. The van der Waals surface area contributed by atoms with E-state index in [1.807, 2.05) is 0 Å². The van der Waals surface area contributed by atoms with Crippen molar-refractivity contribution in [2.24, 2.45) is 5.73 Å². The molecule has 0 aliphatic rings. The normalized spacial score (nSPS) is 14.2. The van der Waals surface area contributed by atoms with Crippen molar-refractivity contribution in [2.45, 2.75) is 17.2 Å². The summed E-state index contributed by atoms with van der Waals surface area (Å²) in [5, 5.41) is 1.71. The summed E-state index contributed by atoms with van der Waals surface area (Å²) < 4.78 is 26.7. The number of hydrogen-bond donors (Lipinski definition) is 2. The molecule has 4 nitrogen and oxygen atoms in total. The maximum Gasteiger partial charge on any atom is 0.251 e. The third-order valence-corrected chi connectivity index (χ3v) is 5.80. The van der Waals surface area contributed by atoms with Gasteiger partial charge in [0, 0.05) is 17.1 Å². The predicted octanol–water partition coefficient (Wildman–Crippen LogP) is 1.14. The minimum atomic E-state index is -3.42. The molecule has 0 aliphatic heterocycles. The van der Waals surface area contributed by atoms with Crippen LogP contribution in [0.5, 0.6) is 0 Å². The number of nitrogens with one attached hydrogen (secondary N) is 1. The van der Waals surface area contributed by atoms with Crippen LogP contribution >= 0.6 is 27.3 Å². The second-order valence-electron chi connectivity index (χ2n) is 2.81. The van der Waals surface area contributed by atoms with E-state index in [0.29, 0.717) is 4.47 Å². The summed E-state index contributed by atoms with van der Waals surface area (Å²) in [5.41, 5.74) is 5.34. The molecule has 0 aromatic carbocycles. The predicted molar refractivity (Wildman–Crippen MR) is 60.9 cm³/mol. The molecule has 0 amide bonds. The summed E-state index contributed by atoms with van der Waals surface area (Å²) in [6.45, 7) is 2.00. The second-order valence-corrected chi connectivity index (χ2v) is 6.49. The fourth-order valence-electron chi connectivity index (χ4n) is 0.838. The first-order chi connectivity index (χ1) is 6.47. The Morgan fingerprint density at radius 2 is 2.36 bits per heavy atom. The molecule has 0 bridgehead atoms. The van der Waals surface area contributed by atoms with Gasteiger partial charge >= 0.3 is 0 Å². The quantitative estimate of drug-likeness (QED) is 0.875. The van der Waals surface area contributed by atoms with E-state index in [1.54, 1.807) is 18.4 Å². The number of thiophene rings is 1. The van der Waals surface area contributed by atoms with Gasteiger partial charge in [-0.25, -0.2) is 13.1 Å². The Hall–Kier alpha value is 0.0500. The molecule has 1 rings (SSSR count). The number of sulfonamides is 1. The summed E-state index contributed by atoms with van der Waals surface area (Å²) >= 11 is 4.34. The number of hydrogen-bond acceptors (Lipinski definition) is 4. The number of nitrogens with two attached hydrogens (primary N) is 1. The Labute approximate surface area is 95.7 Å². The highest BCUT2D eigenvalue weighted by atomic mass is 79.9. The molecule has 3 N–H and O–H groups in total. The molecular weight excluding hydrogens is 288 g/mol. The van der Waals surface area contributed by atoms with Gasteiger partial charge in [0.15, 0.2) is 0 Å². The van der Waals surface area contributed by atoms with Gasteiger partial charge in [0.05, 0.1) is 0 Å². The van der Waals surface area contributed by atoms with E-state index >= 15 is 0 Å². The number of rotatable bonds is 4. The molecule has 1 heterocycles. The molecule has 14 heavy (non-hydrogen) atoms. The minimum Gasteiger partial charge on any atom is -0.329 e. The lowest BCUT2D eigenvalue weighted by Crippen LogP contribution is -2.37. The smallest absolute Gasteiger partial charge is 0.251 e. The molecule has 1 aromatic rings. The van der Waals surface area contributed by atoms with Gasteiger partial charge < -0.3 is 5.73 Å². The fraction of sp³-hybridized carbons (Fsp3) is 0.429. The largest absolute Gasteiger partial charge is 0.329 e. The van der Waals surface area contributed by atoms with Crippen LogP contribution in [0.15, 0.2) is 20.1 Å². The molecule has 0 saturated carbocycles. The minimum absolute atomic E-state index is 0.256. The van der Waals surface area contributed by atoms with Crippen molar-refractivity contribution in [1.29, 1.82) is 0 Å². The fourth-order valence-corrected chi connectivity index (χ4v) is 4.45. The van der Waals surface area contributed by atoms with E-state index in [-0.39, 0.29) is 16.8 Å². The van der Waals surface area contributed by atoms with Gasteiger partial charge in [-0.15, -0.1) is 11.3 Å². The first-order valence-corrected chi connectivity index (χ1v) is 7.08. The first kappa shape index (κ1) is 12.1. The standard InChI is InChI=1S/C7H11BrN2O2S2/c1-5(4-9)10-14(11,12)7-6(8)2-3-13-7/h2-3,5,10H,4,9H2,1H3/t5-/m1/s1. The van der Waals surface area contributed by atoms with E-state index in [4.69, 9.17) is 5.73 Å². The van der Waals surface area contributed by atoms with Crippen LogP contribution in [-0.4, -0.2) is 21.0 Å². The summed E-state index contributed by atoms with van der Waals surface area (Å²) in [6, 6.07) is 1.45. The highest BCUT2D eigenvalue weighted by molar-refractivity contribution is 9.10. The van der Waals surface area contributed by atoms with E-state index in [1.165, 1.54) is 11.3 Å². The number of halogens is 1. The van der Waals surface area contributed by atoms with Crippen LogP contribution in [0.1, 0.15) is 6.92 Å². The van der Waals surface area contributed by atoms with E-state index in [0.717, 1.165) is 0 Å². The van der Waals surface area contributed by atoms with Gasteiger partial charge in [-0.1, -0.05) is 0 Å². The molecule has 0 saturated heterocycles. The molecule has 0 unspecified atom stereocenters. The topological polar surface area (TPSA) is 72.2 Å². The van der Waals surface area contributed by atoms with Gasteiger partial charge in [0.1, 0.15) is 4.21 Å². The Bertz CT molecular complexity index is 402. The van der Waals surface area contributed by atoms with Crippen molar-refractivity contribution in [2.75, 3.05) is 6.54 Å². The second kappa shape index (κ2) is 4.71. The van der Waals surface area contributed by atoms with E-state index < -0.39 is 10.0 Å². The summed E-state index contributed by atoms with van der Waals surface area (Å²) in [5.74, 6) is 0. The first-order valence-electron chi connectivity index (χ1n) is 3.92. The zero-order valence-corrected chi connectivity index (χ0v) is 10.7. The van der Waals surface area contributed by atoms with Crippen LogP contribution < -0.4 is 10.5 Å². The average Bonchev–Trinajstić information content (AvgIpc) is 2.51. The van der Waals surface area contributed by atoms with Gasteiger partial charge in [-0.3, -0.25) is 0 Å². The van der Waals surface area contributed by atoms with Crippen molar-refractivity contribution in [1.82, 2.24) is 4.72 Å². The lowest BCUT2D eigenvalue weighted by Gasteiger charge is -2.10.